The highest BCUT2D eigenvalue weighted by Gasteiger charge is 2.18. The number of aryl methyl sites for hydroxylation is 1. The van der Waals surface area contributed by atoms with Crippen LogP contribution in [0.3, 0.4) is 0 Å². The van der Waals surface area contributed by atoms with Crippen molar-refractivity contribution < 1.29 is 23.5 Å². The Hall–Kier alpha value is -2.76. The van der Waals surface area contributed by atoms with Crippen LogP contribution in [0.2, 0.25) is 0 Å². The van der Waals surface area contributed by atoms with Crippen molar-refractivity contribution in [2.45, 2.75) is 6.92 Å². The van der Waals surface area contributed by atoms with E-state index in [0.717, 1.165) is 12.1 Å². The molecule has 2 N–H and O–H groups in total. The van der Waals surface area contributed by atoms with Crippen molar-refractivity contribution in [1.29, 1.82) is 0 Å². The van der Waals surface area contributed by atoms with Gasteiger partial charge in [0.05, 0.1) is 5.69 Å². The number of carbonyl (C=O) groups is 2. The lowest BCUT2D eigenvalue weighted by molar-refractivity contribution is 0.0693. The Morgan fingerprint density at radius 2 is 1.81 bits per heavy atom. The lowest BCUT2D eigenvalue weighted by atomic mass is 10.1. The van der Waals surface area contributed by atoms with Gasteiger partial charge in [0.2, 0.25) is 0 Å². The van der Waals surface area contributed by atoms with E-state index >= 15 is 0 Å². The van der Waals surface area contributed by atoms with Gasteiger partial charge in [0.15, 0.2) is 0 Å². The number of carboxylic acid groups (broad SMARTS) is 1. The highest BCUT2D eigenvalue weighted by molar-refractivity contribution is 6.07. The fourth-order valence-corrected chi connectivity index (χ4v) is 1.83. The predicted octanol–water partition coefficient (Wildman–Crippen LogP) is 3.22. The fourth-order valence-electron chi connectivity index (χ4n) is 1.83. The highest BCUT2D eigenvalue weighted by atomic mass is 19.1. The largest absolute Gasteiger partial charge is 0.478 e. The molecule has 6 heteroatoms. The average Bonchev–Trinajstić information content (AvgIpc) is 2.41. The van der Waals surface area contributed by atoms with E-state index in [0.29, 0.717) is 0 Å². The van der Waals surface area contributed by atoms with Gasteiger partial charge in [0.25, 0.3) is 5.91 Å². The van der Waals surface area contributed by atoms with Gasteiger partial charge in [-0.25, -0.2) is 13.6 Å². The molecule has 1 amide bonds. The minimum Gasteiger partial charge on any atom is -0.478 e. The van der Waals surface area contributed by atoms with Gasteiger partial charge in [-0.2, -0.15) is 0 Å². The lowest BCUT2D eigenvalue weighted by Crippen LogP contribution is -2.16. The van der Waals surface area contributed by atoms with Crippen LogP contribution < -0.4 is 5.32 Å². The zero-order valence-corrected chi connectivity index (χ0v) is 11.0. The van der Waals surface area contributed by atoms with Gasteiger partial charge in [-0.05, 0) is 42.8 Å². The monoisotopic (exact) mass is 291 g/mol. The summed E-state index contributed by atoms with van der Waals surface area (Å²) in [7, 11) is 0. The number of carboxylic acids is 1. The van der Waals surface area contributed by atoms with E-state index in [2.05, 4.69) is 5.32 Å². The molecule has 0 unspecified atom stereocenters. The number of amides is 1. The van der Waals surface area contributed by atoms with Gasteiger partial charge < -0.3 is 10.4 Å². The Bertz CT molecular complexity index is 729. The molecular formula is C15H11F2NO3. The molecule has 0 saturated carbocycles. The van der Waals surface area contributed by atoms with E-state index < -0.39 is 29.1 Å². The molecule has 2 aromatic carbocycles. The summed E-state index contributed by atoms with van der Waals surface area (Å²) in [5.41, 5.74) is -0.353. The normalized spacial score (nSPS) is 10.2. The molecule has 0 spiro atoms. The van der Waals surface area contributed by atoms with Crippen molar-refractivity contribution in [3.05, 3.63) is 64.7 Å². The number of rotatable bonds is 3. The van der Waals surface area contributed by atoms with Crippen molar-refractivity contribution in [1.82, 2.24) is 0 Å². The summed E-state index contributed by atoms with van der Waals surface area (Å²) >= 11 is 0. The van der Waals surface area contributed by atoms with Crippen molar-refractivity contribution in [2.75, 3.05) is 5.32 Å². The van der Waals surface area contributed by atoms with Crippen LogP contribution in [0.15, 0.2) is 36.4 Å². The number of nitrogens with one attached hydrogen (secondary N) is 1. The van der Waals surface area contributed by atoms with Crippen LogP contribution in [0.4, 0.5) is 14.5 Å². The molecule has 0 radical (unpaired) electrons. The van der Waals surface area contributed by atoms with Gasteiger partial charge in [-0.1, -0.05) is 6.07 Å². The second kappa shape index (κ2) is 5.70. The summed E-state index contributed by atoms with van der Waals surface area (Å²) in [6.07, 6.45) is 0. The molecule has 4 nitrogen and oxygen atoms in total. The summed E-state index contributed by atoms with van der Waals surface area (Å²) in [6, 6.07) is 7.27. The SMILES string of the molecule is Cc1cc(C(=O)Nc2cccc(F)c2C(=O)O)ccc1F. The third kappa shape index (κ3) is 3.05. The standard InChI is InChI=1S/C15H11F2NO3/c1-8-7-9(5-6-10(8)16)14(19)18-12-4-2-3-11(17)13(12)15(20)21/h2-7H,1H3,(H,18,19)(H,20,21). The molecule has 0 atom stereocenters. The third-order valence-electron chi connectivity index (χ3n) is 2.90. The number of hydrogen-bond acceptors (Lipinski definition) is 2. The molecule has 0 aliphatic carbocycles. The maximum absolute atomic E-state index is 13.5. The van der Waals surface area contributed by atoms with Crippen LogP contribution in [0.1, 0.15) is 26.3 Å². The Kier molecular flexibility index (Phi) is 3.98. The summed E-state index contributed by atoms with van der Waals surface area (Å²) in [5.74, 6) is -3.54. The number of halogens is 2. The lowest BCUT2D eigenvalue weighted by Gasteiger charge is -2.09. The molecule has 0 bridgehead atoms. The molecule has 0 heterocycles. The smallest absolute Gasteiger partial charge is 0.340 e. The Labute approximate surface area is 119 Å². The van der Waals surface area contributed by atoms with Crippen LogP contribution in [0.25, 0.3) is 0 Å². The minimum absolute atomic E-state index is 0.148. The number of aromatic carboxylic acids is 1. The zero-order valence-electron chi connectivity index (χ0n) is 11.0. The summed E-state index contributed by atoms with van der Waals surface area (Å²) < 4.78 is 26.6. The first-order valence-electron chi connectivity index (χ1n) is 5.99. The van der Waals surface area contributed by atoms with Crippen LogP contribution in [-0.2, 0) is 0 Å². The van der Waals surface area contributed by atoms with E-state index in [1.165, 1.54) is 31.2 Å². The molecular weight excluding hydrogens is 280 g/mol. The molecule has 2 aromatic rings. The topological polar surface area (TPSA) is 66.4 Å². The maximum atomic E-state index is 13.5. The van der Waals surface area contributed by atoms with E-state index in [-0.39, 0.29) is 16.8 Å². The van der Waals surface area contributed by atoms with Crippen molar-refractivity contribution in [3.8, 4) is 0 Å². The van der Waals surface area contributed by atoms with Gasteiger partial charge in [-0.3, -0.25) is 4.79 Å². The van der Waals surface area contributed by atoms with E-state index in [1.807, 2.05) is 0 Å². The second-order valence-corrected chi connectivity index (χ2v) is 4.39. The Morgan fingerprint density at radius 1 is 1.10 bits per heavy atom. The third-order valence-corrected chi connectivity index (χ3v) is 2.90. The van der Waals surface area contributed by atoms with Crippen molar-refractivity contribution in [2.24, 2.45) is 0 Å². The summed E-state index contributed by atoms with van der Waals surface area (Å²) in [5, 5.41) is 11.3. The molecule has 0 saturated heterocycles. The first kappa shape index (κ1) is 14.6. The number of carbonyl (C=O) groups excluding carboxylic acids is 1. The van der Waals surface area contributed by atoms with E-state index in [4.69, 9.17) is 5.11 Å². The number of anilines is 1. The van der Waals surface area contributed by atoms with Crippen LogP contribution in [0.5, 0.6) is 0 Å². The molecule has 21 heavy (non-hydrogen) atoms. The first-order chi connectivity index (χ1) is 9.90. The molecule has 2 rings (SSSR count). The fraction of sp³-hybridized carbons (Fsp3) is 0.0667. The predicted molar refractivity (Wildman–Crippen MR) is 72.4 cm³/mol. The quantitative estimate of drug-likeness (QED) is 0.912. The molecule has 0 aromatic heterocycles. The highest BCUT2D eigenvalue weighted by Crippen LogP contribution is 2.20. The van der Waals surface area contributed by atoms with Crippen LogP contribution in [0, 0.1) is 18.6 Å². The van der Waals surface area contributed by atoms with Gasteiger partial charge >= 0.3 is 5.97 Å². The Morgan fingerprint density at radius 3 is 2.43 bits per heavy atom. The molecule has 0 aliphatic rings. The first-order valence-corrected chi connectivity index (χ1v) is 5.99. The average molecular weight is 291 g/mol. The number of benzene rings is 2. The van der Waals surface area contributed by atoms with Crippen molar-refractivity contribution in [3.63, 3.8) is 0 Å². The molecule has 0 aliphatic heterocycles. The van der Waals surface area contributed by atoms with Crippen LogP contribution in [-0.4, -0.2) is 17.0 Å². The Balaban J connectivity index is 2.34. The van der Waals surface area contributed by atoms with E-state index in [9.17, 15) is 18.4 Å². The van der Waals surface area contributed by atoms with Gasteiger partial charge in [0, 0.05) is 5.56 Å². The van der Waals surface area contributed by atoms with Gasteiger partial charge in [0.1, 0.15) is 17.2 Å². The number of hydrogen-bond donors (Lipinski definition) is 2. The summed E-state index contributed by atoms with van der Waals surface area (Å²) in [4.78, 5) is 23.0. The molecule has 108 valence electrons. The minimum atomic E-state index is -1.49. The maximum Gasteiger partial charge on any atom is 0.340 e. The molecule has 0 fully saturated rings. The van der Waals surface area contributed by atoms with Gasteiger partial charge in [-0.15, -0.1) is 0 Å². The van der Waals surface area contributed by atoms with Crippen molar-refractivity contribution >= 4 is 17.6 Å². The zero-order chi connectivity index (χ0) is 15.6. The van der Waals surface area contributed by atoms with E-state index in [1.54, 1.807) is 0 Å². The van der Waals surface area contributed by atoms with Crippen LogP contribution >= 0.6 is 0 Å². The summed E-state index contributed by atoms with van der Waals surface area (Å²) in [6.45, 7) is 1.50. The second-order valence-electron chi connectivity index (χ2n) is 4.39.